The molecule has 1 aliphatic heterocycles. The molecular formula is C26H25NO3S2. The summed E-state index contributed by atoms with van der Waals surface area (Å²) in [7, 11) is 0. The van der Waals surface area contributed by atoms with Crippen LogP contribution in [-0.4, -0.2) is 23.9 Å². The molecule has 2 heterocycles. The second kappa shape index (κ2) is 9.96. The summed E-state index contributed by atoms with van der Waals surface area (Å²) < 4.78 is 0. The number of carbonyl (C=O) groups is 2. The minimum atomic E-state index is -0.334. The number of carbonyl (C=O) groups excluding carboxylic acids is 2. The monoisotopic (exact) mass is 463 g/mol. The van der Waals surface area contributed by atoms with Gasteiger partial charge in [-0.05, 0) is 58.4 Å². The first-order chi connectivity index (χ1) is 15.5. The van der Waals surface area contributed by atoms with Gasteiger partial charge < -0.3 is 0 Å². The Hall–Kier alpha value is -2.51. The van der Waals surface area contributed by atoms with Crippen LogP contribution in [0.5, 0.6) is 0 Å². The van der Waals surface area contributed by atoms with Crippen molar-refractivity contribution in [3.8, 4) is 10.4 Å². The molecule has 2 aliphatic rings. The molecule has 0 amide bonds. The van der Waals surface area contributed by atoms with E-state index in [1.807, 2.05) is 41.4 Å². The molecule has 0 bridgehead atoms. The number of nitrogens with two attached hydrogens (primary N) is 1. The maximum Gasteiger partial charge on any atom is 0.186 e. The zero-order valence-electron chi connectivity index (χ0n) is 18.0. The number of benzene rings is 1. The molecule has 2 aromatic rings. The van der Waals surface area contributed by atoms with Crippen LogP contribution < -0.4 is 5.90 Å². The summed E-state index contributed by atoms with van der Waals surface area (Å²) in [5.41, 5.74) is 3.67. The van der Waals surface area contributed by atoms with Crippen molar-refractivity contribution in [3.05, 3.63) is 93.3 Å². The van der Waals surface area contributed by atoms with Crippen molar-refractivity contribution in [2.24, 2.45) is 17.7 Å². The van der Waals surface area contributed by atoms with E-state index in [1.54, 1.807) is 29.5 Å². The average molecular weight is 464 g/mol. The van der Waals surface area contributed by atoms with E-state index in [-0.39, 0.29) is 17.8 Å². The van der Waals surface area contributed by atoms with Crippen LogP contribution in [0.1, 0.15) is 34.6 Å². The highest BCUT2D eigenvalue weighted by molar-refractivity contribution is 8.03. The lowest BCUT2D eigenvalue weighted by Crippen LogP contribution is -2.28. The van der Waals surface area contributed by atoms with Gasteiger partial charge >= 0.3 is 0 Å². The molecule has 1 aliphatic carbocycles. The van der Waals surface area contributed by atoms with Gasteiger partial charge in [0.05, 0.1) is 0 Å². The van der Waals surface area contributed by atoms with Gasteiger partial charge in [0.25, 0.3) is 0 Å². The summed E-state index contributed by atoms with van der Waals surface area (Å²) in [6, 6.07) is 9.30. The van der Waals surface area contributed by atoms with Gasteiger partial charge in [0.2, 0.25) is 0 Å². The van der Waals surface area contributed by atoms with Gasteiger partial charge in [0.15, 0.2) is 12.1 Å². The van der Waals surface area contributed by atoms with Gasteiger partial charge in [-0.25, -0.2) is 5.90 Å². The second-order valence-corrected chi connectivity index (χ2v) is 10.1. The van der Waals surface area contributed by atoms with Gasteiger partial charge in [-0.2, -0.15) is 0 Å². The summed E-state index contributed by atoms with van der Waals surface area (Å²) in [6.07, 6.45) is 10.1. The van der Waals surface area contributed by atoms with Crippen molar-refractivity contribution >= 4 is 35.2 Å². The smallest absolute Gasteiger partial charge is 0.186 e. The van der Waals surface area contributed by atoms with Crippen LogP contribution in [0.25, 0.3) is 10.4 Å². The van der Waals surface area contributed by atoms with Crippen molar-refractivity contribution in [2.45, 2.75) is 20.0 Å². The number of ketones is 1. The lowest BCUT2D eigenvalue weighted by molar-refractivity contribution is 0.0560. The Kier molecular flexibility index (Phi) is 7.06. The molecule has 0 radical (unpaired) electrons. The third kappa shape index (κ3) is 4.79. The number of thiophene rings is 1. The third-order valence-corrected chi connectivity index (χ3v) is 7.91. The Bertz CT molecular complexity index is 1140. The fourth-order valence-electron chi connectivity index (χ4n) is 3.98. The molecule has 0 spiro atoms. The zero-order valence-corrected chi connectivity index (χ0v) is 19.6. The fourth-order valence-corrected chi connectivity index (χ4v) is 5.87. The number of aldehydes is 1. The molecular weight excluding hydrogens is 438 g/mol. The van der Waals surface area contributed by atoms with Crippen LogP contribution in [0.3, 0.4) is 0 Å². The van der Waals surface area contributed by atoms with E-state index >= 15 is 0 Å². The van der Waals surface area contributed by atoms with Gasteiger partial charge in [-0.1, -0.05) is 44.2 Å². The standard InChI is InChI=1S/C26H25NO3S2/c1-16-10-25(32-15-16)20-11-17(2)26(30-27)19(13-20)6-8-23(29)22-7-5-18(12-21(22)14-28)24-4-3-9-31-24/h3-14,16-17,26H,15,27H2,1-2H3/b8-6+. The predicted octanol–water partition coefficient (Wildman–Crippen LogP) is 5.99. The van der Waals surface area contributed by atoms with E-state index in [2.05, 4.69) is 26.0 Å². The SMILES string of the molecule is CC1C=C(C2=CC(C)C(ON)C(/C=C/C(=O)c3ccc(-c4cccs4)cc3C=O)=C2)SC1. The molecule has 2 N–H and O–H groups in total. The van der Waals surface area contributed by atoms with Crippen molar-refractivity contribution in [3.63, 3.8) is 0 Å². The van der Waals surface area contributed by atoms with Crippen LogP contribution >= 0.6 is 23.1 Å². The van der Waals surface area contributed by atoms with E-state index in [9.17, 15) is 9.59 Å². The average Bonchev–Trinajstić information content (AvgIpc) is 3.49. The first-order valence-corrected chi connectivity index (χ1v) is 12.4. The van der Waals surface area contributed by atoms with Crippen LogP contribution in [0.2, 0.25) is 0 Å². The maximum absolute atomic E-state index is 12.9. The quantitative estimate of drug-likeness (QED) is 0.236. The topological polar surface area (TPSA) is 69.4 Å². The van der Waals surface area contributed by atoms with E-state index in [0.717, 1.165) is 33.6 Å². The summed E-state index contributed by atoms with van der Waals surface area (Å²) in [4.78, 5) is 32.2. The number of hydrogen-bond acceptors (Lipinski definition) is 6. The Balaban J connectivity index is 1.60. The van der Waals surface area contributed by atoms with Crippen LogP contribution in [0.15, 0.2) is 82.1 Å². The Morgan fingerprint density at radius 1 is 1.22 bits per heavy atom. The van der Waals surface area contributed by atoms with Crippen LogP contribution in [0.4, 0.5) is 0 Å². The predicted molar refractivity (Wildman–Crippen MR) is 133 cm³/mol. The number of allylic oxidation sites excluding steroid dienone is 4. The van der Waals surface area contributed by atoms with Crippen LogP contribution in [-0.2, 0) is 4.84 Å². The van der Waals surface area contributed by atoms with E-state index in [4.69, 9.17) is 10.7 Å². The van der Waals surface area contributed by atoms with Gasteiger partial charge in [0.1, 0.15) is 6.10 Å². The molecule has 0 saturated heterocycles. The Labute approximate surface area is 196 Å². The van der Waals surface area contributed by atoms with Gasteiger partial charge in [0, 0.05) is 32.6 Å². The highest BCUT2D eigenvalue weighted by atomic mass is 32.2. The van der Waals surface area contributed by atoms with E-state index < -0.39 is 0 Å². The van der Waals surface area contributed by atoms with Crippen LogP contribution in [0, 0.1) is 11.8 Å². The molecule has 3 atom stereocenters. The number of thioether (sulfide) groups is 1. The molecule has 1 aromatic carbocycles. The molecule has 0 saturated carbocycles. The zero-order chi connectivity index (χ0) is 22.7. The second-order valence-electron chi connectivity index (χ2n) is 8.10. The lowest BCUT2D eigenvalue weighted by atomic mass is 9.87. The molecule has 32 heavy (non-hydrogen) atoms. The summed E-state index contributed by atoms with van der Waals surface area (Å²) in [5.74, 6) is 7.04. The first-order valence-electron chi connectivity index (χ1n) is 10.5. The van der Waals surface area contributed by atoms with Gasteiger partial charge in [-0.3, -0.25) is 14.4 Å². The summed E-state index contributed by atoms with van der Waals surface area (Å²) in [6.45, 7) is 4.26. The molecule has 0 fully saturated rings. The fraction of sp³-hybridized carbons (Fsp3) is 0.231. The minimum Gasteiger partial charge on any atom is -0.298 e. The van der Waals surface area contributed by atoms with E-state index in [0.29, 0.717) is 17.0 Å². The third-order valence-electron chi connectivity index (χ3n) is 5.62. The van der Waals surface area contributed by atoms with Gasteiger partial charge in [-0.15, -0.1) is 23.1 Å². The summed E-state index contributed by atoms with van der Waals surface area (Å²) >= 11 is 3.44. The number of rotatable bonds is 7. The first kappa shape index (κ1) is 22.7. The lowest BCUT2D eigenvalue weighted by Gasteiger charge is -2.26. The van der Waals surface area contributed by atoms with Crippen molar-refractivity contribution < 1.29 is 14.4 Å². The van der Waals surface area contributed by atoms with Crippen molar-refractivity contribution in [1.29, 1.82) is 0 Å². The Morgan fingerprint density at radius 2 is 2.06 bits per heavy atom. The summed E-state index contributed by atoms with van der Waals surface area (Å²) in [5, 5.41) is 1.98. The van der Waals surface area contributed by atoms with E-state index in [1.165, 1.54) is 11.0 Å². The normalized spacial score (nSPS) is 23.1. The van der Waals surface area contributed by atoms with Crippen molar-refractivity contribution in [1.82, 2.24) is 0 Å². The largest absolute Gasteiger partial charge is 0.298 e. The Morgan fingerprint density at radius 3 is 2.72 bits per heavy atom. The minimum absolute atomic E-state index is 0.0720. The molecule has 164 valence electrons. The van der Waals surface area contributed by atoms with Crippen molar-refractivity contribution in [2.75, 3.05) is 5.75 Å². The number of hydrogen-bond donors (Lipinski definition) is 1. The highest BCUT2D eigenvalue weighted by Gasteiger charge is 2.26. The molecule has 4 rings (SSSR count). The highest BCUT2D eigenvalue weighted by Crippen LogP contribution is 2.39. The molecule has 6 heteroatoms. The molecule has 3 unspecified atom stereocenters. The molecule has 1 aromatic heterocycles. The molecule has 4 nitrogen and oxygen atoms in total. The maximum atomic E-state index is 12.9.